The van der Waals surface area contributed by atoms with Gasteiger partial charge in [-0.1, -0.05) is 0 Å². The molecule has 4 heterocycles. The Kier molecular flexibility index (Phi) is 6.00. The zero-order valence-electron chi connectivity index (χ0n) is 18.4. The number of nitrogens with zero attached hydrogens (tertiary/aromatic N) is 3. The van der Waals surface area contributed by atoms with Crippen molar-refractivity contribution in [2.75, 3.05) is 50.2 Å². The zero-order valence-corrected chi connectivity index (χ0v) is 18.4. The number of amides is 2. The van der Waals surface area contributed by atoms with Gasteiger partial charge < -0.3 is 29.6 Å². The van der Waals surface area contributed by atoms with Crippen LogP contribution in [0.5, 0.6) is 17.4 Å². The van der Waals surface area contributed by atoms with Crippen molar-refractivity contribution in [1.29, 1.82) is 0 Å². The van der Waals surface area contributed by atoms with Gasteiger partial charge in [-0.05, 0) is 24.3 Å². The van der Waals surface area contributed by atoms with E-state index in [4.69, 9.17) is 18.9 Å². The number of cyclic esters (lactones) is 1. The lowest BCUT2D eigenvalue weighted by atomic mass is 10.2. The zero-order chi connectivity index (χ0) is 23.5. The molecule has 3 aromatic rings. The van der Waals surface area contributed by atoms with Gasteiger partial charge in [0.1, 0.15) is 24.8 Å². The maximum atomic E-state index is 12.5. The van der Waals surface area contributed by atoms with E-state index in [-0.39, 0.29) is 12.5 Å². The first-order chi connectivity index (χ1) is 16.6. The van der Waals surface area contributed by atoms with Crippen LogP contribution in [0.4, 0.5) is 16.2 Å². The van der Waals surface area contributed by atoms with Crippen molar-refractivity contribution in [2.24, 2.45) is 0 Å². The van der Waals surface area contributed by atoms with Crippen LogP contribution < -0.4 is 29.7 Å². The van der Waals surface area contributed by atoms with Crippen LogP contribution in [0.15, 0.2) is 42.6 Å². The van der Waals surface area contributed by atoms with Crippen molar-refractivity contribution < 1.29 is 28.5 Å². The fourth-order valence-electron chi connectivity index (χ4n) is 3.80. The van der Waals surface area contributed by atoms with E-state index < -0.39 is 12.2 Å². The van der Waals surface area contributed by atoms with Gasteiger partial charge >= 0.3 is 6.09 Å². The van der Waals surface area contributed by atoms with Gasteiger partial charge in [0, 0.05) is 24.9 Å². The number of ether oxygens (including phenoxy) is 4. The van der Waals surface area contributed by atoms with Gasteiger partial charge in [-0.3, -0.25) is 14.7 Å². The molecule has 2 amide bonds. The Morgan fingerprint density at radius 3 is 2.88 bits per heavy atom. The van der Waals surface area contributed by atoms with E-state index in [1.807, 2.05) is 0 Å². The summed E-state index contributed by atoms with van der Waals surface area (Å²) in [5, 5.41) is 5.87. The fraction of sp³-hybridized carbons (Fsp3) is 0.304. The van der Waals surface area contributed by atoms with Crippen molar-refractivity contribution in [3.63, 3.8) is 0 Å². The van der Waals surface area contributed by atoms with E-state index in [9.17, 15) is 9.59 Å². The molecule has 0 bridgehead atoms. The highest BCUT2D eigenvalue weighted by Crippen LogP contribution is 2.35. The Balaban J connectivity index is 1.15. The summed E-state index contributed by atoms with van der Waals surface area (Å²) in [5.74, 6) is 1.43. The predicted octanol–water partition coefficient (Wildman–Crippen LogP) is 1.96. The monoisotopic (exact) mass is 465 g/mol. The van der Waals surface area contributed by atoms with Gasteiger partial charge in [0.05, 0.1) is 37.1 Å². The number of hydrogen-bond acceptors (Lipinski definition) is 9. The number of benzene rings is 1. The van der Waals surface area contributed by atoms with Crippen LogP contribution in [0.3, 0.4) is 0 Å². The topological polar surface area (TPSA) is 124 Å². The molecule has 2 aromatic heterocycles. The molecule has 176 valence electrons. The summed E-state index contributed by atoms with van der Waals surface area (Å²) in [6.07, 6.45) is 0.752. The Bertz CT molecular complexity index is 1240. The van der Waals surface area contributed by atoms with Gasteiger partial charge in [0.2, 0.25) is 11.8 Å². The summed E-state index contributed by atoms with van der Waals surface area (Å²) in [6.45, 7) is 1.68. The van der Waals surface area contributed by atoms with E-state index in [0.717, 1.165) is 0 Å². The average molecular weight is 465 g/mol. The molecule has 1 aromatic carbocycles. The summed E-state index contributed by atoms with van der Waals surface area (Å²) in [7, 11) is 1.53. The van der Waals surface area contributed by atoms with E-state index in [1.165, 1.54) is 12.0 Å². The second-order valence-electron chi connectivity index (χ2n) is 7.70. The molecule has 0 aliphatic carbocycles. The fourth-order valence-corrected chi connectivity index (χ4v) is 3.80. The molecule has 2 aliphatic heterocycles. The molecule has 0 radical (unpaired) electrons. The molecular weight excluding hydrogens is 442 g/mol. The third kappa shape index (κ3) is 4.50. The van der Waals surface area contributed by atoms with Crippen LogP contribution in [0.25, 0.3) is 11.0 Å². The van der Waals surface area contributed by atoms with Gasteiger partial charge in [0.15, 0.2) is 11.5 Å². The highest BCUT2D eigenvalue weighted by atomic mass is 16.6. The van der Waals surface area contributed by atoms with Crippen molar-refractivity contribution in [3.8, 4) is 17.4 Å². The number of anilines is 2. The van der Waals surface area contributed by atoms with Gasteiger partial charge in [-0.15, -0.1) is 0 Å². The maximum absolute atomic E-state index is 12.5. The molecule has 11 heteroatoms. The van der Waals surface area contributed by atoms with Gasteiger partial charge in [0.25, 0.3) is 0 Å². The molecule has 1 atom stereocenters. The first-order valence-corrected chi connectivity index (χ1v) is 10.8. The van der Waals surface area contributed by atoms with Crippen LogP contribution >= 0.6 is 0 Å². The van der Waals surface area contributed by atoms with E-state index in [1.54, 1.807) is 42.6 Å². The predicted molar refractivity (Wildman–Crippen MR) is 123 cm³/mol. The number of carbonyl (C=O) groups is 2. The Hall–Kier alpha value is -4.12. The molecule has 0 unspecified atom stereocenters. The maximum Gasteiger partial charge on any atom is 0.414 e. The highest BCUT2D eigenvalue weighted by Gasteiger charge is 2.33. The van der Waals surface area contributed by atoms with E-state index in [2.05, 4.69) is 20.6 Å². The van der Waals surface area contributed by atoms with Crippen LogP contribution in [-0.4, -0.2) is 68.0 Å². The second kappa shape index (κ2) is 9.40. The normalized spacial score (nSPS) is 16.9. The molecule has 2 N–H and O–H groups in total. The number of hydrogen-bond donors (Lipinski definition) is 2. The molecule has 1 fully saturated rings. The second-order valence-corrected chi connectivity index (χ2v) is 7.70. The summed E-state index contributed by atoms with van der Waals surface area (Å²) in [5.41, 5.74) is 2.38. The van der Waals surface area contributed by atoms with Crippen LogP contribution in [0, 0.1) is 0 Å². The molecule has 0 spiro atoms. The Morgan fingerprint density at radius 2 is 2.03 bits per heavy atom. The minimum Gasteiger partial charge on any atom is -0.486 e. The Morgan fingerprint density at radius 1 is 1.18 bits per heavy atom. The Labute approximate surface area is 195 Å². The molecular formula is C23H23N5O6. The first kappa shape index (κ1) is 21.7. The highest BCUT2D eigenvalue weighted by molar-refractivity contribution is 6.00. The number of carbonyl (C=O) groups excluding carboxylic acids is 2. The number of pyridine rings is 2. The lowest BCUT2D eigenvalue weighted by Gasteiger charge is -2.21. The lowest BCUT2D eigenvalue weighted by Crippen LogP contribution is -2.35. The SMILES string of the molecule is COc1ccc2nccc(NC(=O)CNC[C@@H]3CN(c4ccc5c(c4)OCCO5)C(=O)O3)c2n1. The van der Waals surface area contributed by atoms with Crippen molar-refractivity contribution in [2.45, 2.75) is 6.10 Å². The van der Waals surface area contributed by atoms with Gasteiger partial charge in [-0.25, -0.2) is 9.78 Å². The quantitative estimate of drug-likeness (QED) is 0.539. The first-order valence-electron chi connectivity index (χ1n) is 10.8. The summed E-state index contributed by atoms with van der Waals surface area (Å²) in [4.78, 5) is 35.0. The number of nitrogens with one attached hydrogen (secondary N) is 2. The number of aromatic nitrogens is 2. The third-order valence-electron chi connectivity index (χ3n) is 5.41. The number of rotatable bonds is 7. The van der Waals surface area contributed by atoms with Crippen molar-refractivity contribution >= 4 is 34.4 Å². The van der Waals surface area contributed by atoms with Crippen LogP contribution in [0.2, 0.25) is 0 Å². The number of methoxy groups -OCH3 is 1. The molecule has 5 rings (SSSR count). The number of fused-ring (bicyclic) bond motifs is 2. The lowest BCUT2D eigenvalue weighted by molar-refractivity contribution is -0.115. The molecule has 2 aliphatic rings. The van der Waals surface area contributed by atoms with Crippen molar-refractivity contribution in [1.82, 2.24) is 15.3 Å². The summed E-state index contributed by atoms with van der Waals surface area (Å²) >= 11 is 0. The minimum absolute atomic E-state index is 0.0336. The van der Waals surface area contributed by atoms with Gasteiger partial charge in [-0.2, -0.15) is 0 Å². The molecule has 1 saturated heterocycles. The summed E-state index contributed by atoms with van der Waals surface area (Å²) in [6, 6.07) is 10.5. The van der Waals surface area contributed by atoms with E-state index in [0.29, 0.717) is 66.1 Å². The third-order valence-corrected chi connectivity index (χ3v) is 5.41. The molecule has 34 heavy (non-hydrogen) atoms. The standard InChI is InChI=1S/C23H23N5O6/c1-31-21-5-3-16-22(27-21)17(6-7-25-16)26-20(29)12-24-11-15-13-28(23(30)34-15)14-2-4-18-19(10-14)33-9-8-32-18/h2-7,10,15,24H,8-9,11-13H2,1H3,(H,25,26,29)/t15-/m1/s1. The molecule has 0 saturated carbocycles. The van der Waals surface area contributed by atoms with Crippen LogP contribution in [-0.2, 0) is 9.53 Å². The average Bonchev–Trinajstić information content (AvgIpc) is 3.23. The van der Waals surface area contributed by atoms with E-state index >= 15 is 0 Å². The minimum atomic E-state index is -0.448. The summed E-state index contributed by atoms with van der Waals surface area (Å²) < 4.78 is 21.7. The largest absolute Gasteiger partial charge is 0.486 e. The van der Waals surface area contributed by atoms with Crippen LogP contribution in [0.1, 0.15) is 0 Å². The van der Waals surface area contributed by atoms with Crippen molar-refractivity contribution in [3.05, 3.63) is 42.6 Å². The molecule has 11 nitrogen and oxygen atoms in total. The smallest absolute Gasteiger partial charge is 0.414 e.